The molecule has 72 valence electrons. The molecule has 0 spiro atoms. The van der Waals surface area contributed by atoms with Gasteiger partial charge in [-0.25, -0.2) is 0 Å². The molecule has 1 aliphatic rings. The van der Waals surface area contributed by atoms with Gasteiger partial charge in [-0.1, -0.05) is 32.1 Å². The van der Waals surface area contributed by atoms with Gasteiger partial charge in [-0.05, 0) is 25.8 Å². The molecule has 0 amide bonds. The summed E-state index contributed by atoms with van der Waals surface area (Å²) < 4.78 is 0. The fourth-order valence-corrected chi connectivity index (χ4v) is 2.08. The average Bonchev–Trinajstić information content (AvgIpc) is 1.99. The standard InChI is InChI=1S/C10H21NO/c11-9-8-10(12)6-4-2-1-3-5-7-10/h12H,1-9,11H2. The van der Waals surface area contributed by atoms with Crippen LogP contribution in [0.3, 0.4) is 0 Å². The Morgan fingerprint density at radius 2 is 1.50 bits per heavy atom. The third kappa shape index (κ3) is 3.11. The van der Waals surface area contributed by atoms with Crippen molar-refractivity contribution in [2.75, 3.05) is 6.54 Å². The average molecular weight is 171 g/mol. The van der Waals surface area contributed by atoms with E-state index in [9.17, 15) is 5.11 Å². The maximum Gasteiger partial charge on any atom is 0.0659 e. The number of nitrogens with two attached hydrogens (primary N) is 1. The first-order chi connectivity index (χ1) is 5.77. The second kappa shape index (κ2) is 4.83. The van der Waals surface area contributed by atoms with Crippen molar-refractivity contribution < 1.29 is 5.11 Å². The van der Waals surface area contributed by atoms with Gasteiger partial charge < -0.3 is 10.8 Å². The maximum atomic E-state index is 10.1. The second-order valence-corrected chi connectivity index (χ2v) is 4.03. The molecule has 2 heteroatoms. The Hall–Kier alpha value is -0.0800. The van der Waals surface area contributed by atoms with E-state index >= 15 is 0 Å². The van der Waals surface area contributed by atoms with E-state index in [-0.39, 0.29) is 0 Å². The van der Waals surface area contributed by atoms with Gasteiger partial charge in [-0.3, -0.25) is 0 Å². The van der Waals surface area contributed by atoms with Crippen molar-refractivity contribution in [2.24, 2.45) is 5.73 Å². The van der Waals surface area contributed by atoms with Crippen LogP contribution in [0, 0.1) is 0 Å². The highest BCUT2D eigenvalue weighted by atomic mass is 16.3. The van der Waals surface area contributed by atoms with Crippen molar-refractivity contribution in [3.05, 3.63) is 0 Å². The molecule has 3 N–H and O–H groups in total. The molecule has 0 unspecified atom stereocenters. The predicted octanol–water partition coefficient (Wildman–Crippen LogP) is 1.81. The lowest BCUT2D eigenvalue weighted by Gasteiger charge is -2.29. The van der Waals surface area contributed by atoms with Crippen LogP contribution in [0.2, 0.25) is 0 Å². The van der Waals surface area contributed by atoms with Gasteiger partial charge in [0.1, 0.15) is 0 Å². The van der Waals surface area contributed by atoms with Crippen LogP contribution < -0.4 is 5.73 Å². The van der Waals surface area contributed by atoms with E-state index in [0.29, 0.717) is 6.54 Å². The van der Waals surface area contributed by atoms with Crippen LogP contribution >= 0.6 is 0 Å². The fourth-order valence-electron chi connectivity index (χ4n) is 2.08. The number of aliphatic hydroxyl groups is 1. The molecule has 0 radical (unpaired) electrons. The van der Waals surface area contributed by atoms with Crippen molar-refractivity contribution in [3.63, 3.8) is 0 Å². The van der Waals surface area contributed by atoms with E-state index in [0.717, 1.165) is 19.3 Å². The summed E-state index contributed by atoms with van der Waals surface area (Å²) in [6, 6.07) is 0. The number of rotatable bonds is 2. The SMILES string of the molecule is NCCC1(O)CCCCCCC1. The van der Waals surface area contributed by atoms with Gasteiger partial charge >= 0.3 is 0 Å². The first kappa shape index (κ1) is 10.0. The Balaban J connectivity index is 2.36. The summed E-state index contributed by atoms with van der Waals surface area (Å²) in [5, 5.41) is 10.1. The van der Waals surface area contributed by atoms with Gasteiger partial charge in [0, 0.05) is 0 Å². The minimum atomic E-state index is -0.421. The van der Waals surface area contributed by atoms with Crippen LogP contribution in [-0.2, 0) is 0 Å². The van der Waals surface area contributed by atoms with Crippen molar-refractivity contribution in [1.29, 1.82) is 0 Å². The number of hydrogen-bond acceptors (Lipinski definition) is 2. The molecule has 0 aliphatic heterocycles. The zero-order valence-corrected chi connectivity index (χ0v) is 7.89. The lowest BCUT2D eigenvalue weighted by atomic mass is 9.85. The molecule has 12 heavy (non-hydrogen) atoms. The van der Waals surface area contributed by atoms with Gasteiger partial charge in [0.2, 0.25) is 0 Å². The molecule has 1 rings (SSSR count). The monoisotopic (exact) mass is 171 g/mol. The highest BCUT2D eigenvalue weighted by Gasteiger charge is 2.25. The van der Waals surface area contributed by atoms with Crippen LogP contribution in [0.15, 0.2) is 0 Å². The molecular weight excluding hydrogens is 150 g/mol. The molecule has 0 aromatic rings. The molecule has 0 aromatic carbocycles. The van der Waals surface area contributed by atoms with Crippen molar-refractivity contribution >= 4 is 0 Å². The van der Waals surface area contributed by atoms with Crippen molar-refractivity contribution in [2.45, 2.75) is 57.0 Å². The summed E-state index contributed by atoms with van der Waals surface area (Å²) >= 11 is 0. The van der Waals surface area contributed by atoms with Crippen LogP contribution in [0.1, 0.15) is 51.4 Å². The van der Waals surface area contributed by atoms with E-state index < -0.39 is 5.60 Å². The molecule has 0 bridgehead atoms. The minimum Gasteiger partial charge on any atom is -0.390 e. The van der Waals surface area contributed by atoms with E-state index in [1.165, 1.54) is 32.1 Å². The van der Waals surface area contributed by atoms with Crippen LogP contribution in [0.25, 0.3) is 0 Å². The lowest BCUT2D eigenvalue weighted by Crippen LogP contribution is -2.32. The highest BCUT2D eigenvalue weighted by molar-refractivity contribution is 4.80. The van der Waals surface area contributed by atoms with E-state index in [2.05, 4.69) is 0 Å². The van der Waals surface area contributed by atoms with Gasteiger partial charge in [-0.2, -0.15) is 0 Å². The second-order valence-electron chi connectivity index (χ2n) is 4.03. The van der Waals surface area contributed by atoms with E-state index in [1.54, 1.807) is 0 Å². The summed E-state index contributed by atoms with van der Waals surface area (Å²) in [4.78, 5) is 0. The molecule has 1 saturated carbocycles. The quantitative estimate of drug-likeness (QED) is 0.665. The highest BCUT2D eigenvalue weighted by Crippen LogP contribution is 2.28. The van der Waals surface area contributed by atoms with Crippen molar-refractivity contribution in [1.82, 2.24) is 0 Å². The third-order valence-electron chi connectivity index (χ3n) is 2.89. The van der Waals surface area contributed by atoms with Crippen LogP contribution in [0.5, 0.6) is 0 Å². The lowest BCUT2D eigenvalue weighted by molar-refractivity contribution is 0.00833. The summed E-state index contributed by atoms with van der Waals surface area (Å²) in [6.07, 6.45) is 8.98. The predicted molar refractivity (Wildman–Crippen MR) is 50.9 cm³/mol. The smallest absolute Gasteiger partial charge is 0.0659 e. The van der Waals surface area contributed by atoms with Crippen LogP contribution in [0.4, 0.5) is 0 Å². The van der Waals surface area contributed by atoms with Crippen LogP contribution in [-0.4, -0.2) is 17.3 Å². The van der Waals surface area contributed by atoms with Gasteiger partial charge in [0.15, 0.2) is 0 Å². The summed E-state index contributed by atoms with van der Waals surface area (Å²) in [5.74, 6) is 0. The molecule has 0 aromatic heterocycles. The topological polar surface area (TPSA) is 46.2 Å². The molecular formula is C10H21NO. The molecule has 0 heterocycles. The maximum absolute atomic E-state index is 10.1. The Bertz CT molecular complexity index is 117. The van der Waals surface area contributed by atoms with Gasteiger partial charge in [0.25, 0.3) is 0 Å². The molecule has 2 nitrogen and oxygen atoms in total. The molecule has 0 saturated heterocycles. The summed E-state index contributed by atoms with van der Waals surface area (Å²) in [6.45, 7) is 0.622. The minimum absolute atomic E-state index is 0.421. The number of hydrogen-bond donors (Lipinski definition) is 2. The third-order valence-corrected chi connectivity index (χ3v) is 2.89. The molecule has 1 aliphatic carbocycles. The normalized spacial score (nSPS) is 24.5. The first-order valence-corrected chi connectivity index (χ1v) is 5.19. The molecule has 0 atom stereocenters. The Morgan fingerprint density at radius 3 is 2.00 bits per heavy atom. The Kier molecular flexibility index (Phi) is 4.02. The zero-order chi connectivity index (χ0) is 8.86. The van der Waals surface area contributed by atoms with Crippen molar-refractivity contribution in [3.8, 4) is 0 Å². The largest absolute Gasteiger partial charge is 0.390 e. The van der Waals surface area contributed by atoms with E-state index in [1.807, 2.05) is 0 Å². The van der Waals surface area contributed by atoms with E-state index in [4.69, 9.17) is 5.73 Å². The van der Waals surface area contributed by atoms with Gasteiger partial charge in [0.05, 0.1) is 5.60 Å². The molecule has 1 fully saturated rings. The zero-order valence-electron chi connectivity index (χ0n) is 7.89. The fraction of sp³-hybridized carbons (Fsp3) is 1.00. The summed E-state index contributed by atoms with van der Waals surface area (Å²) in [7, 11) is 0. The Morgan fingerprint density at radius 1 is 1.00 bits per heavy atom. The summed E-state index contributed by atoms with van der Waals surface area (Å²) in [5.41, 5.74) is 5.05. The Labute approximate surface area is 75.2 Å². The first-order valence-electron chi connectivity index (χ1n) is 5.19. The van der Waals surface area contributed by atoms with Gasteiger partial charge in [-0.15, -0.1) is 0 Å².